The molecule has 0 saturated carbocycles. The van der Waals surface area contributed by atoms with Gasteiger partial charge in [-0.05, 0) is 31.2 Å². The zero-order valence-electron chi connectivity index (χ0n) is 17.0. The fourth-order valence-corrected chi connectivity index (χ4v) is 4.21. The molecule has 0 fully saturated rings. The van der Waals surface area contributed by atoms with E-state index in [4.69, 9.17) is 0 Å². The molecule has 0 aliphatic carbocycles. The lowest BCUT2D eigenvalue weighted by Crippen LogP contribution is -2.32. The van der Waals surface area contributed by atoms with Gasteiger partial charge in [0.05, 0.1) is 26.1 Å². The molecule has 28 heavy (non-hydrogen) atoms. The van der Waals surface area contributed by atoms with Crippen LogP contribution < -0.4 is 0 Å². The lowest BCUT2D eigenvalue weighted by Gasteiger charge is -2.17. The predicted molar refractivity (Wildman–Crippen MR) is 119 cm³/mol. The van der Waals surface area contributed by atoms with Crippen molar-refractivity contribution in [3.05, 3.63) is 65.7 Å². The van der Waals surface area contributed by atoms with Crippen molar-refractivity contribution < 1.29 is 8.42 Å². The summed E-state index contributed by atoms with van der Waals surface area (Å²) in [7, 11) is -4.93. The molecule has 0 heterocycles. The number of benzene rings is 2. The summed E-state index contributed by atoms with van der Waals surface area (Å²) in [5.74, 6) is 12.2. The number of hydrogen-bond donors (Lipinski definition) is 0. The third-order valence-electron chi connectivity index (χ3n) is 3.92. The largest absolute Gasteiger partial charge is 0.244 e. The molecule has 0 spiro atoms. The Morgan fingerprint density at radius 3 is 2.07 bits per heavy atom. The Morgan fingerprint density at radius 2 is 1.46 bits per heavy atom. The van der Waals surface area contributed by atoms with Gasteiger partial charge in [-0.1, -0.05) is 73.3 Å². The molecule has 0 radical (unpaired) electrons. The molecule has 0 atom stereocenters. The van der Waals surface area contributed by atoms with Gasteiger partial charge in [0, 0.05) is 11.6 Å². The molecule has 0 saturated heterocycles. The molecule has 2 rings (SSSR count). The van der Waals surface area contributed by atoms with E-state index in [1.807, 2.05) is 37.3 Å². The molecular formula is C23H27NO2SSi. The van der Waals surface area contributed by atoms with Crippen molar-refractivity contribution in [2.45, 2.75) is 37.5 Å². The predicted octanol–water partition coefficient (Wildman–Crippen LogP) is 4.38. The van der Waals surface area contributed by atoms with E-state index in [0.29, 0.717) is 0 Å². The maximum atomic E-state index is 13.1. The third-order valence-corrected chi connectivity index (χ3v) is 6.96. The highest BCUT2D eigenvalue weighted by Crippen LogP contribution is 2.16. The monoisotopic (exact) mass is 409 g/mol. The van der Waals surface area contributed by atoms with Crippen LogP contribution in [0.5, 0.6) is 0 Å². The van der Waals surface area contributed by atoms with Crippen LogP contribution in [0.4, 0.5) is 0 Å². The van der Waals surface area contributed by atoms with Crippen LogP contribution in [0.25, 0.3) is 0 Å². The average Bonchev–Trinajstić information content (AvgIpc) is 2.64. The van der Waals surface area contributed by atoms with Crippen LogP contribution in [-0.2, 0) is 10.0 Å². The first-order chi connectivity index (χ1) is 13.2. The molecule has 0 amide bonds. The maximum absolute atomic E-state index is 13.1. The second kappa shape index (κ2) is 9.75. The zero-order valence-corrected chi connectivity index (χ0v) is 18.8. The summed E-state index contributed by atoms with van der Waals surface area (Å²) in [5.41, 5.74) is 1.88. The lowest BCUT2D eigenvalue weighted by molar-refractivity contribution is 0.482. The van der Waals surface area contributed by atoms with Crippen molar-refractivity contribution in [2.24, 2.45) is 0 Å². The molecule has 3 nitrogen and oxygen atoms in total. The van der Waals surface area contributed by atoms with Crippen molar-refractivity contribution in [1.82, 2.24) is 4.31 Å². The topological polar surface area (TPSA) is 37.4 Å². The van der Waals surface area contributed by atoms with Crippen LogP contribution in [0, 0.1) is 30.6 Å². The molecule has 146 valence electrons. The first-order valence-corrected chi connectivity index (χ1v) is 14.4. The second-order valence-electron chi connectivity index (χ2n) is 7.84. The van der Waals surface area contributed by atoms with Crippen LogP contribution in [0.15, 0.2) is 59.5 Å². The van der Waals surface area contributed by atoms with Gasteiger partial charge in [-0.15, -0.1) is 5.92 Å². The second-order valence-corrected chi connectivity index (χ2v) is 15.3. The minimum atomic E-state index is -3.65. The Balaban J connectivity index is 2.24. The number of hydrogen-bond acceptors (Lipinski definition) is 2. The Hall–Kier alpha value is -2.31. The first-order valence-electron chi connectivity index (χ1n) is 9.25. The molecule has 0 aromatic heterocycles. The highest BCUT2D eigenvalue weighted by Gasteiger charge is 2.23. The van der Waals surface area contributed by atoms with Gasteiger partial charge in [0.2, 0.25) is 10.0 Å². The van der Waals surface area contributed by atoms with E-state index in [1.165, 1.54) is 4.31 Å². The van der Waals surface area contributed by atoms with Crippen molar-refractivity contribution >= 4 is 18.1 Å². The highest BCUT2D eigenvalue weighted by molar-refractivity contribution is 7.89. The van der Waals surface area contributed by atoms with E-state index >= 15 is 0 Å². The lowest BCUT2D eigenvalue weighted by atomic mass is 10.2. The van der Waals surface area contributed by atoms with E-state index in [1.54, 1.807) is 24.3 Å². The summed E-state index contributed by atoms with van der Waals surface area (Å²) < 4.78 is 27.5. The summed E-state index contributed by atoms with van der Waals surface area (Å²) in [6.45, 7) is 8.91. The van der Waals surface area contributed by atoms with Gasteiger partial charge < -0.3 is 0 Å². The van der Waals surface area contributed by atoms with Crippen molar-refractivity contribution in [3.63, 3.8) is 0 Å². The van der Waals surface area contributed by atoms with Gasteiger partial charge in [0.1, 0.15) is 0 Å². The van der Waals surface area contributed by atoms with E-state index < -0.39 is 18.1 Å². The Labute approximate surface area is 170 Å². The Kier molecular flexibility index (Phi) is 7.66. The van der Waals surface area contributed by atoms with E-state index in [0.717, 1.165) is 17.2 Å². The number of aryl methyl sites for hydroxylation is 1. The summed E-state index contributed by atoms with van der Waals surface area (Å²) in [4.78, 5) is 0.270. The minimum Gasteiger partial charge on any atom is -0.207 e. The fraction of sp³-hybridized carbons (Fsp3) is 0.304. The average molecular weight is 410 g/mol. The summed E-state index contributed by atoms with van der Waals surface area (Å²) in [6.07, 6.45) is 0. The van der Waals surface area contributed by atoms with E-state index in [-0.39, 0.29) is 18.0 Å². The van der Waals surface area contributed by atoms with Gasteiger partial charge in [0.25, 0.3) is 0 Å². The molecule has 5 heteroatoms. The maximum Gasteiger partial charge on any atom is 0.244 e. The molecule has 0 aliphatic heterocycles. The molecule has 0 aliphatic rings. The quantitative estimate of drug-likeness (QED) is 0.543. The van der Waals surface area contributed by atoms with Gasteiger partial charge >= 0.3 is 0 Å². The van der Waals surface area contributed by atoms with E-state index in [2.05, 4.69) is 43.3 Å². The van der Waals surface area contributed by atoms with Gasteiger partial charge in [-0.3, -0.25) is 0 Å². The summed E-state index contributed by atoms with van der Waals surface area (Å²) in [5, 5.41) is 0. The molecule has 0 bridgehead atoms. The van der Waals surface area contributed by atoms with E-state index in [9.17, 15) is 8.42 Å². The van der Waals surface area contributed by atoms with Crippen molar-refractivity contribution in [2.75, 3.05) is 13.1 Å². The normalized spacial score (nSPS) is 11.3. The SMILES string of the molecule is Cc1ccc(S(=O)(=O)N(CC#CC[Si](C)(C)C)CC#Cc2ccccc2)cc1. The summed E-state index contributed by atoms with van der Waals surface area (Å²) in [6, 6.07) is 17.3. The Morgan fingerprint density at radius 1 is 0.857 bits per heavy atom. The smallest absolute Gasteiger partial charge is 0.207 e. The first kappa shape index (κ1) is 22.0. The number of sulfonamides is 1. The van der Waals surface area contributed by atoms with Crippen molar-refractivity contribution in [1.29, 1.82) is 0 Å². The zero-order chi connectivity index (χ0) is 20.6. The minimum absolute atomic E-state index is 0.104. The molecule has 0 unspecified atom stereocenters. The van der Waals surface area contributed by atoms with Gasteiger partial charge in [-0.25, -0.2) is 8.42 Å². The van der Waals surface area contributed by atoms with Crippen LogP contribution in [0.2, 0.25) is 25.7 Å². The number of rotatable bonds is 5. The third kappa shape index (κ3) is 7.02. The van der Waals surface area contributed by atoms with Gasteiger partial charge in [-0.2, -0.15) is 4.31 Å². The van der Waals surface area contributed by atoms with Crippen LogP contribution in [0.3, 0.4) is 0 Å². The molecule has 0 N–H and O–H groups in total. The number of nitrogens with zero attached hydrogens (tertiary/aromatic N) is 1. The standard InChI is InChI=1S/C23H27NO2SSi/c1-21-14-16-23(17-15-21)27(25,26)24(18-8-9-20-28(2,3)4)19-10-13-22-11-6-5-7-12-22/h5-7,11-12,14-17H,18-20H2,1-4H3. The molecule has 2 aromatic rings. The molecule has 2 aromatic carbocycles. The van der Waals surface area contributed by atoms with Crippen LogP contribution >= 0.6 is 0 Å². The summed E-state index contributed by atoms with van der Waals surface area (Å²) >= 11 is 0. The Bertz CT molecular complexity index is 1000. The van der Waals surface area contributed by atoms with Crippen LogP contribution in [0.1, 0.15) is 11.1 Å². The van der Waals surface area contributed by atoms with Crippen LogP contribution in [-0.4, -0.2) is 33.9 Å². The fourth-order valence-electron chi connectivity index (χ4n) is 2.31. The molecular weight excluding hydrogens is 382 g/mol. The van der Waals surface area contributed by atoms with Gasteiger partial charge in [0.15, 0.2) is 0 Å². The van der Waals surface area contributed by atoms with Crippen molar-refractivity contribution in [3.8, 4) is 23.7 Å². The highest BCUT2D eigenvalue weighted by atomic mass is 32.2.